The molecule has 1 amide bonds. The maximum Gasteiger partial charge on any atom is 0.272 e. The number of nitrogens with one attached hydrogen (secondary N) is 1. The van der Waals surface area contributed by atoms with E-state index < -0.39 is 0 Å². The van der Waals surface area contributed by atoms with Crippen LogP contribution in [0, 0.1) is 0 Å². The summed E-state index contributed by atoms with van der Waals surface area (Å²) in [6.07, 6.45) is 5.09. The Morgan fingerprint density at radius 2 is 2.29 bits per heavy atom. The van der Waals surface area contributed by atoms with E-state index in [0.29, 0.717) is 24.1 Å². The average Bonchev–Trinajstić information content (AvgIpc) is 2.46. The summed E-state index contributed by atoms with van der Waals surface area (Å²) in [6, 6.07) is 0.398. The van der Waals surface area contributed by atoms with Gasteiger partial charge in [-0.05, 0) is 26.4 Å². The van der Waals surface area contributed by atoms with Crippen molar-refractivity contribution < 1.29 is 4.79 Å². The van der Waals surface area contributed by atoms with Crippen LogP contribution in [0.1, 0.15) is 55.3 Å². The molecule has 0 aliphatic carbocycles. The Labute approximate surface area is 126 Å². The van der Waals surface area contributed by atoms with Gasteiger partial charge in [0.05, 0.1) is 11.9 Å². The topological polar surface area (TPSA) is 84.1 Å². The minimum Gasteiger partial charge on any atom is -0.396 e. The zero-order valence-corrected chi connectivity index (χ0v) is 13.1. The minimum atomic E-state index is -0.212. The van der Waals surface area contributed by atoms with Gasteiger partial charge >= 0.3 is 0 Å². The fourth-order valence-corrected chi connectivity index (χ4v) is 2.56. The van der Waals surface area contributed by atoms with Gasteiger partial charge in [-0.25, -0.2) is 9.97 Å². The summed E-state index contributed by atoms with van der Waals surface area (Å²) in [5.74, 6) is 0.599. The van der Waals surface area contributed by atoms with Crippen LogP contribution in [-0.4, -0.2) is 47.0 Å². The first-order valence-corrected chi connectivity index (χ1v) is 7.60. The Morgan fingerprint density at radius 1 is 1.52 bits per heavy atom. The Kier molecular flexibility index (Phi) is 5.12. The number of nitrogens with zero attached hydrogens (tertiary/aromatic N) is 3. The number of carbonyl (C=O) groups excluding carboxylic acids is 1. The molecule has 0 bridgehead atoms. The van der Waals surface area contributed by atoms with E-state index in [9.17, 15) is 4.79 Å². The van der Waals surface area contributed by atoms with E-state index in [1.165, 1.54) is 19.0 Å². The molecule has 3 N–H and O–H groups in total. The number of rotatable bonds is 4. The van der Waals surface area contributed by atoms with Crippen molar-refractivity contribution in [2.45, 2.75) is 45.1 Å². The first-order chi connectivity index (χ1) is 9.99. The van der Waals surface area contributed by atoms with Gasteiger partial charge in [-0.15, -0.1) is 0 Å². The van der Waals surface area contributed by atoms with Crippen molar-refractivity contribution in [2.24, 2.45) is 0 Å². The molecule has 1 aliphatic heterocycles. The molecule has 1 fully saturated rings. The smallest absolute Gasteiger partial charge is 0.272 e. The Balaban J connectivity index is 2.01. The lowest BCUT2D eigenvalue weighted by Crippen LogP contribution is -2.44. The molecule has 1 aromatic rings. The summed E-state index contributed by atoms with van der Waals surface area (Å²) < 4.78 is 0. The maximum atomic E-state index is 12.3. The van der Waals surface area contributed by atoms with Gasteiger partial charge in [0.2, 0.25) is 0 Å². The molecular formula is C15H25N5O. The third-order valence-corrected chi connectivity index (χ3v) is 3.99. The molecule has 0 spiro atoms. The van der Waals surface area contributed by atoms with Gasteiger partial charge in [-0.1, -0.05) is 20.3 Å². The van der Waals surface area contributed by atoms with Gasteiger partial charge in [0.15, 0.2) is 5.69 Å². The fourth-order valence-electron chi connectivity index (χ4n) is 2.56. The van der Waals surface area contributed by atoms with E-state index in [0.717, 1.165) is 13.0 Å². The number of likely N-dealkylation sites (tertiary alicyclic amines) is 1. The summed E-state index contributed by atoms with van der Waals surface area (Å²) in [6.45, 7) is 5.71. The van der Waals surface area contributed by atoms with Gasteiger partial charge in [0, 0.05) is 18.5 Å². The Bertz CT molecular complexity index is 503. The van der Waals surface area contributed by atoms with Crippen LogP contribution in [0.2, 0.25) is 0 Å². The quantitative estimate of drug-likeness (QED) is 0.876. The molecule has 6 nitrogen and oxygen atoms in total. The van der Waals surface area contributed by atoms with Crippen LogP contribution in [-0.2, 0) is 0 Å². The average molecular weight is 291 g/mol. The first-order valence-electron chi connectivity index (χ1n) is 7.60. The SMILES string of the molecule is CC(C)c1ncc(N)c(C(=O)NCC2CCCCN2C)n1. The molecule has 0 aromatic carbocycles. The van der Waals surface area contributed by atoms with Crippen LogP contribution < -0.4 is 11.1 Å². The number of likely N-dealkylation sites (N-methyl/N-ethyl adjacent to an activating group) is 1. The normalized spacial score (nSPS) is 19.7. The van der Waals surface area contributed by atoms with Crippen LogP contribution >= 0.6 is 0 Å². The number of nitrogens with two attached hydrogens (primary N) is 1. The second kappa shape index (κ2) is 6.85. The molecule has 0 saturated carbocycles. The summed E-state index contributed by atoms with van der Waals surface area (Å²) in [5.41, 5.74) is 6.44. The molecule has 116 valence electrons. The molecular weight excluding hydrogens is 266 g/mol. The standard InChI is InChI=1S/C15H25N5O/c1-10(2)14-17-9-12(16)13(19-14)15(21)18-8-11-6-4-5-7-20(11)3/h9-11H,4-8,16H2,1-3H3,(H,18,21). The van der Waals surface area contributed by atoms with Crippen molar-refractivity contribution in [3.8, 4) is 0 Å². The van der Waals surface area contributed by atoms with Crippen LogP contribution in [0.3, 0.4) is 0 Å². The van der Waals surface area contributed by atoms with E-state index in [1.807, 2.05) is 13.8 Å². The molecule has 1 atom stereocenters. The van der Waals surface area contributed by atoms with Crippen LogP contribution in [0.15, 0.2) is 6.20 Å². The van der Waals surface area contributed by atoms with Crippen molar-refractivity contribution in [3.05, 3.63) is 17.7 Å². The third kappa shape index (κ3) is 3.91. The number of piperidine rings is 1. The Hall–Kier alpha value is -1.69. The monoisotopic (exact) mass is 291 g/mol. The summed E-state index contributed by atoms with van der Waals surface area (Å²) in [4.78, 5) is 23.0. The molecule has 2 heterocycles. The number of hydrogen-bond acceptors (Lipinski definition) is 5. The highest BCUT2D eigenvalue weighted by Gasteiger charge is 2.21. The van der Waals surface area contributed by atoms with Crippen LogP contribution in [0.25, 0.3) is 0 Å². The molecule has 0 radical (unpaired) electrons. The van der Waals surface area contributed by atoms with Crippen molar-refractivity contribution in [2.75, 3.05) is 25.9 Å². The van der Waals surface area contributed by atoms with Gasteiger partial charge in [0.25, 0.3) is 5.91 Å². The molecule has 2 rings (SSSR count). The number of aromatic nitrogens is 2. The summed E-state index contributed by atoms with van der Waals surface area (Å²) in [7, 11) is 2.10. The van der Waals surface area contributed by atoms with E-state index in [4.69, 9.17) is 5.73 Å². The van der Waals surface area contributed by atoms with Gasteiger partial charge < -0.3 is 16.0 Å². The number of nitrogen functional groups attached to an aromatic ring is 1. The van der Waals surface area contributed by atoms with Crippen molar-refractivity contribution in [1.29, 1.82) is 0 Å². The van der Waals surface area contributed by atoms with Crippen LogP contribution in [0.5, 0.6) is 0 Å². The predicted octanol–water partition coefficient (Wildman–Crippen LogP) is 1.40. The summed E-state index contributed by atoms with van der Waals surface area (Å²) in [5, 5.41) is 2.96. The molecule has 21 heavy (non-hydrogen) atoms. The molecule has 1 aliphatic rings. The van der Waals surface area contributed by atoms with Gasteiger partial charge in [-0.2, -0.15) is 0 Å². The maximum absolute atomic E-state index is 12.3. The number of hydrogen-bond donors (Lipinski definition) is 2. The molecule has 1 aromatic heterocycles. The molecule has 6 heteroatoms. The van der Waals surface area contributed by atoms with Crippen molar-refractivity contribution >= 4 is 11.6 Å². The lowest BCUT2D eigenvalue weighted by Gasteiger charge is -2.32. The first kappa shape index (κ1) is 15.7. The minimum absolute atomic E-state index is 0.168. The zero-order valence-electron chi connectivity index (χ0n) is 13.1. The second-order valence-corrected chi connectivity index (χ2v) is 6.03. The Morgan fingerprint density at radius 3 is 2.95 bits per heavy atom. The predicted molar refractivity (Wildman–Crippen MR) is 83.1 cm³/mol. The fraction of sp³-hybridized carbons (Fsp3) is 0.667. The van der Waals surface area contributed by atoms with Crippen molar-refractivity contribution in [1.82, 2.24) is 20.2 Å². The largest absolute Gasteiger partial charge is 0.396 e. The van der Waals surface area contributed by atoms with Crippen LogP contribution in [0.4, 0.5) is 5.69 Å². The molecule has 1 unspecified atom stereocenters. The zero-order chi connectivity index (χ0) is 15.4. The van der Waals surface area contributed by atoms with E-state index in [2.05, 4.69) is 27.2 Å². The highest BCUT2D eigenvalue weighted by Crippen LogP contribution is 2.15. The molecule has 1 saturated heterocycles. The number of carbonyl (C=O) groups is 1. The number of amides is 1. The highest BCUT2D eigenvalue weighted by atomic mass is 16.1. The number of anilines is 1. The third-order valence-electron chi connectivity index (χ3n) is 3.99. The van der Waals surface area contributed by atoms with Gasteiger partial charge in [-0.3, -0.25) is 4.79 Å². The van der Waals surface area contributed by atoms with Crippen molar-refractivity contribution in [3.63, 3.8) is 0 Å². The van der Waals surface area contributed by atoms with Gasteiger partial charge in [0.1, 0.15) is 5.82 Å². The summed E-state index contributed by atoms with van der Waals surface area (Å²) >= 11 is 0. The lowest BCUT2D eigenvalue weighted by atomic mass is 10.0. The van der Waals surface area contributed by atoms with E-state index in [1.54, 1.807) is 0 Å². The van der Waals surface area contributed by atoms with E-state index in [-0.39, 0.29) is 17.5 Å². The van der Waals surface area contributed by atoms with E-state index >= 15 is 0 Å². The lowest BCUT2D eigenvalue weighted by molar-refractivity contribution is 0.0924. The second-order valence-electron chi connectivity index (χ2n) is 6.03. The highest BCUT2D eigenvalue weighted by molar-refractivity contribution is 5.96.